The van der Waals surface area contributed by atoms with E-state index in [1.807, 2.05) is 30.9 Å². The third-order valence-corrected chi connectivity index (χ3v) is 8.10. The molecule has 4 heterocycles. The average Bonchev–Trinajstić information content (AvgIpc) is 3.41. The number of ether oxygens (including phenoxy) is 1. The SMILES string of the molecule is Cc1csc(N2CCCN(C(=O)COc3cc4sc(C)nc4c4sccc34)CC2)n1. The molecule has 1 aliphatic heterocycles. The first-order chi connectivity index (χ1) is 14.6. The van der Waals surface area contributed by atoms with Crippen LogP contribution in [0, 0.1) is 13.8 Å². The van der Waals surface area contributed by atoms with Gasteiger partial charge in [-0.1, -0.05) is 0 Å². The van der Waals surface area contributed by atoms with Crippen LogP contribution in [0.1, 0.15) is 17.1 Å². The summed E-state index contributed by atoms with van der Waals surface area (Å²) in [5.74, 6) is 0.807. The molecule has 0 saturated carbocycles. The lowest BCUT2D eigenvalue weighted by Crippen LogP contribution is -2.38. The molecular weight excluding hydrogens is 436 g/mol. The summed E-state index contributed by atoms with van der Waals surface area (Å²) in [4.78, 5) is 26.3. The van der Waals surface area contributed by atoms with Crippen molar-refractivity contribution in [1.82, 2.24) is 14.9 Å². The Labute approximate surface area is 186 Å². The van der Waals surface area contributed by atoms with Gasteiger partial charge < -0.3 is 14.5 Å². The van der Waals surface area contributed by atoms with Gasteiger partial charge in [-0.25, -0.2) is 9.97 Å². The van der Waals surface area contributed by atoms with Crippen molar-refractivity contribution < 1.29 is 9.53 Å². The third-order valence-electron chi connectivity index (χ3n) is 5.25. The summed E-state index contributed by atoms with van der Waals surface area (Å²) in [7, 11) is 0. The van der Waals surface area contributed by atoms with Gasteiger partial charge in [0.25, 0.3) is 5.91 Å². The van der Waals surface area contributed by atoms with E-state index in [0.717, 1.165) is 67.9 Å². The third kappa shape index (κ3) is 3.77. The van der Waals surface area contributed by atoms with Crippen molar-refractivity contribution in [1.29, 1.82) is 0 Å². The molecule has 1 aromatic carbocycles. The molecule has 1 amide bonds. The number of aromatic nitrogens is 2. The molecule has 6 nitrogen and oxygen atoms in total. The number of nitrogens with zero attached hydrogens (tertiary/aromatic N) is 4. The van der Waals surface area contributed by atoms with Crippen molar-refractivity contribution >= 4 is 65.4 Å². The summed E-state index contributed by atoms with van der Waals surface area (Å²) in [5.41, 5.74) is 2.08. The Morgan fingerprint density at radius 2 is 2.07 bits per heavy atom. The summed E-state index contributed by atoms with van der Waals surface area (Å²) < 4.78 is 8.27. The number of benzene rings is 1. The van der Waals surface area contributed by atoms with Gasteiger partial charge in [0, 0.05) is 43.0 Å². The quantitative estimate of drug-likeness (QED) is 0.444. The zero-order valence-corrected chi connectivity index (χ0v) is 19.3. The maximum atomic E-state index is 12.9. The van der Waals surface area contributed by atoms with Crippen LogP contribution in [0.4, 0.5) is 5.13 Å². The molecule has 0 unspecified atom stereocenters. The lowest BCUT2D eigenvalue weighted by Gasteiger charge is -2.22. The van der Waals surface area contributed by atoms with Gasteiger partial charge in [0.15, 0.2) is 11.7 Å². The van der Waals surface area contributed by atoms with Gasteiger partial charge in [0.2, 0.25) is 0 Å². The number of hydrogen-bond acceptors (Lipinski definition) is 8. The highest BCUT2D eigenvalue weighted by atomic mass is 32.1. The number of carbonyl (C=O) groups is 1. The fraction of sp³-hybridized carbons (Fsp3) is 0.381. The van der Waals surface area contributed by atoms with E-state index in [9.17, 15) is 4.79 Å². The molecule has 9 heteroatoms. The largest absolute Gasteiger partial charge is 0.483 e. The Morgan fingerprint density at radius 1 is 1.17 bits per heavy atom. The lowest BCUT2D eigenvalue weighted by atomic mass is 10.2. The number of hydrogen-bond donors (Lipinski definition) is 0. The van der Waals surface area contributed by atoms with Crippen LogP contribution in [0.5, 0.6) is 5.75 Å². The molecule has 3 aromatic heterocycles. The summed E-state index contributed by atoms with van der Waals surface area (Å²) in [6.07, 6.45) is 0.936. The molecule has 0 radical (unpaired) electrons. The number of amides is 1. The second kappa shape index (κ2) is 8.13. The first-order valence-electron chi connectivity index (χ1n) is 9.93. The van der Waals surface area contributed by atoms with E-state index >= 15 is 0 Å². The first kappa shape index (κ1) is 19.7. The Bertz CT molecular complexity index is 1210. The molecule has 156 valence electrons. The van der Waals surface area contributed by atoms with Crippen LogP contribution < -0.4 is 9.64 Å². The normalized spacial score (nSPS) is 15.1. The second-order valence-corrected chi connectivity index (χ2v) is 10.4. The van der Waals surface area contributed by atoms with Gasteiger partial charge in [-0.05, 0) is 31.7 Å². The van der Waals surface area contributed by atoms with Crippen LogP contribution in [-0.4, -0.2) is 53.6 Å². The smallest absolute Gasteiger partial charge is 0.260 e. The molecule has 0 aliphatic carbocycles. The molecule has 0 bridgehead atoms. The van der Waals surface area contributed by atoms with Crippen LogP contribution in [0.15, 0.2) is 22.9 Å². The van der Waals surface area contributed by atoms with Gasteiger partial charge in [-0.15, -0.1) is 34.0 Å². The minimum atomic E-state index is 0.0381. The molecule has 0 N–H and O–H groups in total. The van der Waals surface area contributed by atoms with Gasteiger partial charge >= 0.3 is 0 Å². The minimum absolute atomic E-state index is 0.0381. The Kier molecular flexibility index (Phi) is 5.34. The van der Waals surface area contributed by atoms with Crippen LogP contribution in [0.3, 0.4) is 0 Å². The van der Waals surface area contributed by atoms with Crippen molar-refractivity contribution in [3.63, 3.8) is 0 Å². The van der Waals surface area contributed by atoms with Crippen LogP contribution in [0.2, 0.25) is 0 Å². The van der Waals surface area contributed by atoms with Crippen LogP contribution >= 0.6 is 34.0 Å². The molecule has 1 aliphatic rings. The molecule has 5 rings (SSSR count). The lowest BCUT2D eigenvalue weighted by molar-refractivity contribution is -0.133. The summed E-state index contributed by atoms with van der Waals surface area (Å²) in [6.45, 7) is 7.27. The van der Waals surface area contributed by atoms with E-state index in [1.165, 1.54) is 0 Å². The number of carbonyl (C=O) groups excluding carboxylic acids is 1. The van der Waals surface area contributed by atoms with E-state index in [1.54, 1.807) is 34.0 Å². The highest BCUT2D eigenvalue weighted by molar-refractivity contribution is 7.21. The highest BCUT2D eigenvalue weighted by Gasteiger charge is 2.21. The van der Waals surface area contributed by atoms with Gasteiger partial charge in [0.05, 0.1) is 25.6 Å². The number of anilines is 1. The Morgan fingerprint density at radius 3 is 2.90 bits per heavy atom. The second-order valence-electron chi connectivity index (χ2n) is 7.40. The molecule has 30 heavy (non-hydrogen) atoms. The fourth-order valence-corrected chi connectivity index (χ4v) is 6.47. The molecule has 1 fully saturated rings. The van der Waals surface area contributed by atoms with Gasteiger partial charge in [-0.2, -0.15) is 0 Å². The molecule has 0 atom stereocenters. The van der Waals surface area contributed by atoms with E-state index in [-0.39, 0.29) is 12.5 Å². The van der Waals surface area contributed by atoms with Crippen molar-refractivity contribution in [3.8, 4) is 5.75 Å². The molecule has 0 spiro atoms. The minimum Gasteiger partial charge on any atom is -0.483 e. The maximum Gasteiger partial charge on any atom is 0.260 e. The van der Waals surface area contributed by atoms with Gasteiger partial charge in [-0.3, -0.25) is 4.79 Å². The number of fused-ring (bicyclic) bond motifs is 3. The van der Waals surface area contributed by atoms with Crippen molar-refractivity contribution in [2.45, 2.75) is 20.3 Å². The monoisotopic (exact) mass is 458 g/mol. The number of thiazole rings is 2. The summed E-state index contributed by atoms with van der Waals surface area (Å²) >= 11 is 5.00. The van der Waals surface area contributed by atoms with Crippen molar-refractivity contribution in [2.75, 3.05) is 37.7 Å². The first-order valence-corrected chi connectivity index (χ1v) is 12.5. The number of aryl methyl sites for hydroxylation is 2. The Balaban J connectivity index is 1.27. The topological polar surface area (TPSA) is 58.6 Å². The van der Waals surface area contributed by atoms with Crippen LogP contribution in [-0.2, 0) is 4.79 Å². The number of rotatable bonds is 4. The van der Waals surface area contributed by atoms with E-state index in [4.69, 9.17) is 4.74 Å². The molecule has 4 aromatic rings. The summed E-state index contributed by atoms with van der Waals surface area (Å²) in [6, 6.07) is 4.07. The predicted molar refractivity (Wildman–Crippen MR) is 125 cm³/mol. The maximum absolute atomic E-state index is 12.9. The van der Waals surface area contributed by atoms with Gasteiger partial charge in [0.1, 0.15) is 5.75 Å². The van der Waals surface area contributed by atoms with Crippen LogP contribution in [0.25, 0.3) is 20.3 Å². The fourth-order valence-electron chi connectivity index (χ4n) is 3.78. The van der Waals surface area contributed by atoms with E-state index in [0.29, 0.717) is 6.54 Å². The van der Waals surface area contributed by atoms with E-state index < -0.39 is 0 Å². The van der Waals surface area contributed by atoms with E-state index in [2.05, 4.69) is 25.6 Å². The number of thiophene rings is 1. The zero-order chi connectivity index (χ0) is 20.7. The average molecular weight is 459 g/mol. The highest BCUT2D eigenvalue weighted by Crippen LogP contribution is 2.38. The Hall–Kier alpha value is -2.23. The van der Waals surface area contributed by atoms with Crippen molar-refractivity contribution in [2.24, 2.45) is 0 Å². The predicted octanol–water partition coefficient (Wildman–Crippen LogP) is 4.70. The summed E-state index contributed by atoms with van der Waals surface area (Å²) in [5, 5.41) is 7.25. The van der Waals surface area contributed by atoms with Crippen molar-refractivity contribution in [3.05, 3.63) is 33.6 Å². The molecule has 1 saturated heterocycles. The standard InChI is InChI=1S/C21H22N4O2S3/c1-13-12-29-21(22-13)25-6-3-5-24(7-8-25)18(26)11-27-16-10-17-19(23-14(2)30-17)20-15(16)4-9-28-20/h4,9-10,12H,3,5-8,11H2,1-2H3. The molecular formula is C21H22N4O2S3. The zero-order valence-electron chi connectivity index (χ0n) is 16.9.